The molecule has 0 bridgehead atoms. The Morgan fingerprint density at radius 1 is 1.28 bits per heavy atom. The minimum Gasteiger partial charge on any atom is -0.395 e. The van der Waals surface area contributed by atoms with E-state index in [4.69, 9.17) is 5.73 Å². The van der Waals surface area contributed by atoms with E-state index < -0.39 is 0 Å². The summed E-state index contributed by atoms with van der Waals surface area (Å²) >= 11 is 1.70. The van der Waals surface area contributed by atoms with Crippen molar-refractivity contribution in [3.63, 3.8) is 0 Å². The molecule has 0 spiro atoms. The van der Waals surface area contributed by atoms with Crippen LogP contribution in [0.2, 0.25) is 0 Å². The van der Waals surface area contributed by atoms with Crippen LogP contribution in [-0.2, 0) is 6.54 Å². The number of hydrogen-bond donors (Lipinski definition) is 1. The Morgan fingerprint density at radius 2 is 2.00 bits per heavy atom. The Balaban J connectivity index is 2.42. The summed E-state index contributed by atoms with van der Waals surface area (Å²) in [6.07, 6.45) is 0. The van der Waals surface area contributed by atoms with E-state index in [9.17, 15) is 0 Å². The second-order valence-electron chi connectivity index (χ2n) is 4.49. The molecule has 0 aliphatic carbocycles. The average molecular weight is 261 g/mol. The Hall–Kier alpha value is -1.42. The molecule has 1 heterocycles. The van der Waals surface area contributed by atoms with Crippen molar-refractivity contribution in [2.24, 2.45) is 0 Å². The van der Waals surface area contributed by atoms with Crippen molar-refractivity contribution in [2.75, 3.05) is 5.73 Å². The minimum absolute atomic E-state index is 0.794. The first-order valence-corrected chi connectivity index (χ1v) is 6.92. The van der Waals surface area contributed by atoms with Gasteiger partial charge in [-0.2, -0.15) is 5.10 Å². The summed E-state index contributed by atoms with van der Waals surface area (Å²) in [5, 5.41) is 5.49. The standard InChI is InChI=1S/C14H19N3S/c1-5-17-14(13(15)11(4)16-17)18-12-8-9(2)6-7-10(12)3/h6-8H,5,15H2,1-4H3. The fraction of sp³-hybridized carbons (Fsp3) is 0.357. The summed E-state index contributed by atoms with van der Waals surface area (Å²) in [5.74, 6) is 0. The van der Waals surface area contributed by atoms with Crippen molar-refractivity contribution in [3.05, 3.63) is 35.0 Å². The van der Waals surface area contributed by atoms with Gasteiger partial charge in [0.25, 0.3) is 0 Å². The van der Waals surface area contributed by atoms with Crippen molar-refractivity contribution >= 4 is 17.4 Å². The van der Waals surface area contributed by atoms with Crippen LogP contribution in [0.25, 0.3) is 0 Å². The van der Waals surface area contributed by atoms with Crippen molar-refractivity contribution in [1.82, 2.24) is 9.78 Å². The van der Waals surface area contributed by atoms with Gasteiger partial charge in [0.2, 0.25) is 0 Å². The number of rotatable bonds is 3. The molecule has 0 amide bonds. The van der Waals surface area contributed by atoms with Crippen LogP contribution in [0.15, 0.2) is 28.1 Å². The van der Waals surface area contributed by atoms with Gasteiger partial charge in [-0.05, 0) is 44.9 Å². The van der Waals surface area contributed by atoms with Gasteiger partial charge in [-0.1, -0.05) is 23.9 Å². The zero-order valence-electron chi connectivity index (χ0n) is 11.3. The first kappa shape index (κ1) is 13.0. The van der Waals surface area contributed by atoms with Gasteiger partial charge in [0.1, 0.15) is 5.03 Å². The van der Waals surface area contributed by atoms with Crippen LogP contribution in [0.3, 0.4) is 0 Å². The van der Waals surface area contributed by atoms with E-state index in [1.54, 1.807) is 11.8 Å². The predicted octanol–water partition coefficient (Wildman–Crippen LogP) is 3.56. The fourth-order valence-electron chi connectivity index (χ4n) is 1.82. The maximum Gasteiger partial charge on any atom is 0.122 e. The molecule has 0 atom stereocenters. The monoisotopic (exact) mass is 261 g/mol. The molecule has 0 aliphatic rings. The highest BCUT2D eigenvalue weighted by molar-refractivity contribution is 7.99. The highest BCUT2D eigenvalue weighted by Crippen LogP contribution is 2.35. The Kier molecular flexibility index (Phi) is 3.66. The Morgan fingerprint density at radius 3 is 2.67 bits per heavy atom. The molecule has 0 saturated heterocycles. The number of benzene rings is 1. The second-order valence-corrected chi connectivity index (χ2v) is 5.52. The zero-order chi connectivity index (χ0) is 13.3. The Labute approximate surface area is 112 Å². The summed E-state index contributed by atoms with van der Waals surface area (Å²) in [7, 11) is 0. The van der Waals surface area contributed by atoms with E-state index in [2.05, 4.69) is 44.1 Å². The summed E-state index contributed by atoms with van der Waals surface area (Å²) in [6, 6.07) is 6.47. The van der Waals surface area contributed by atoms with E-state index in [0.29, 0.717) is 0 Å². The van der Waals surface area contributed by atoms with E-state index in [0.717, 1.165) is 23.0 Å². The normalized spacial score (nSPS) is 10.9. The predicted molar refractivity (Wildman–Crippen MR) is 77.1 cm³/mol. The molecule has 2 aromatic rings. The molecule has 0 unspecified atom stereocenters. The van der Waals surface area contributed by atoms with Crippen LogP contribution in [0, 0.1) is 20.8 Å². The van der Waals surface area contributed by atoms with Gasteiger partial charge in [-0.25, -0.2) is 0 Å². The van der Waals surface area contributed by atoms with E-state index in [1.165, 1.54) is 16.0 Å². The largest absolute Gasteiger partial charge is 0.395 e. The maximum absolute atomic E-state index is 6.11. The average Bonchev–Trinajstić information content (AvgIpc) is 2.61. The zero-order valence-corrected chi connectivity index (χ0v) is 12.1. The molecule has 0 saturated carbocycles. The number of aromatic nitrogens is 2. The van der Waals surface area contributed by atoms with Crippen LogP contribution in [0.1, 0.15) is 23.7 Å². The molecule has 3 nitrogen and oxygen atoms in total. The first-order valence-electron chi connectivity index (χ1n) is 6.11. The molecule has 0 radical (unpaired) electrons. The third-order valence-corrected chi connectivity index (χ3v) is 4.26. The molecular weight excluding hydrogens is 242 g/mol. The lowest BCUT2D eigenvalue weighted by Crippen LogP contribution is -1.99. The van der Waals surface area contributed by atoms with Gasteiger partial charge in [-0.15, -0.1) is 0 Å². The summed E-state index contributed by atoms with van der Waals surface area (Å²) < 4.78 is 1.97. The summed E-state index contributed by atoms with van der Waals surface area (Å²) in [6.45, 7) is 9.10. The molecule has 2 rings (SSSR count). The molecule has 0 fully saturated rings. The molecule has 2 N–H and O–H groups in total. The van der Waals surface area contributed by atoms with Gasteiger partial charge < -0.3 is 5.73 Å². The molecule has 4 heteroatoms. The van der Waals surface area contributed by atoms with Crippen molar-refractivity contribution in [1.29, 1.82) is 0 Å². The van der Waals surface area contributed by atoms with Gasteiger partial charge in [0, 0.05) is 11.4 Å². The highest BCUT2D eigenvalue weighted by Gasteiger charge is 2.13. The molecule has 96 valence electrons. The molecule has 1 aromatic carbocycles. The Bertz CT molecular complexity index is 573. The van der Waals surface area contributed by atoms with Crippen LogP contribution >= 0.6 is 11.8 Å². The lowest BCUT2D eigenvalue weighted by atomic mass is 10.2. The van der Waals surface area contributed by atoms with Crippen molar-refractivity contribution < 1.29 is 0 Å². The second kappa shape index (κ2) is 5.06. The summed E-state index contributed by atoms with van der Waals surface area (Å²) in [5.41, 5.74) is 10.3. The van der Waals surface area contributed by atoms with Crippen molar-refractivity contribution in [2.45, 2.75) is 44.2 Å². The number of nitrogens with zero attached hydrogens (tertiary/aromatic N) is 2. The van der Waals surface area contributed by atoms with Gasteiger partial charge >= 0.3 is 0 Å². The topological polar surface area (TPSA) is 43.8 Å². The molecular formula is C14H19N3S. The number of nitrogen functional groups attached to an aromatic ring is 1. The smallest absolute Gasteiger partial charge is 0.122 e. The number of aryl methyl sites for hydroxylation is 4. The highest BCUT2D eigenvalue weighted by atomic mass is 32.2. The third kappa shape index (κ3) is 2.38. The molecule has 1 aromatic heterocycles. The first-order chi connectivity index (χ1) is 8.52. The van der Waals surface area contributed by atoms with E-state index >= 15 is 0 Å². The minimum atomic E-state index is 0.794. The molecule has 0 aliphatic heterocycles. The number of nitrogens with two attached hydrogens (primary N) is 1. The lowest BCUT2D eigenvalue weighted by molar-refractivity contribution is 0.602. The number of hydrogen-bond acceptors (Lipinski definition) is 3. The van der Waals surface area contributed by atoms with Gasteiger partial charge in [-0.3, -0.25) is 4.68 Å². The molecule has 18 heavy (non-hydrogen) atoms. The van der Waals surface area contributed by atoms with Crippen molar-refractivity contribution in [3.8, 4) is 0 Å². The summed E-state index contributed by atoms with van der Waals surface area (Å²) in [4.78, 5) is 1.25. The van der Waals surface area contributed by atoms with Gasteiger partial charge in [0.05, 0.1) is 11.4 Å². The maximum atomic E-state index is 6.11. The van der Waals surface area contributed by atoms with E-state index in [-0.39, 0.29) is 0 Å². The fourth-order valence-corrected chi connectivity index (χ4v) is 3.03. The van der Waals surface area contributed by atoms with Crippen LogP contribution in [-0.4, -0.2) is 9.78 Å². The van der Waals surface area contributed by atoms with Gasteiger partial charge in [0.15, 0.2) is 0 Å². The third-order valence-electron chi connectivity index (χ3n) is 2.98. The van der Waals surface area contributed by atoms with Crippen LogP contribution in [0.5, 0.6) is 0 Å². The van der Waals surface area contributed by atoms with Crippen LogP contribution < -0.4 is 5.73 Å². The SMILES string of the molecule is CCn1nc(C)c(N)c1Sc1cc(C)ccc1C. The number of anilines is 1. The quantitative estimate of drug-likeness (QED) is 0.918. The lowest BCUT2D eigenvalue weighted by Gasteiger charge is -2.09. The van der Waals surface area contributed by atoms with Crippen LogP contribution in [0.4, 0.5) is 5.69 Å². The van der Waals surface area contributed by atoms with E-state index in [1.807, 2.05) is 11.6 Å².